The van der Waals surface area contributed by atoms with Gasteiger partial charge in [0, 0.05) is 24.5 Å². The second kappa shape index (κ2) is 3.72. The summed E-state index contributed by atoms with van der Waals surface area (Å²) in [5.74, 6) is 3.23. The van der Waals surface area contributed by atoms with Crippen molar-refractivity contribution in [3.05, 3.63) is 18.2 Å². The molecule has 2 unspecified atom stereocenters. The fourth-order valence-corrected chi connectivity index (χ4v) is 3.17. The third-order valence-corrected chi connectivity index (χ3v) is 3.91. The van der Waals surface area contributed by atoms with E-state index in [1.807, 2.05) is 18.1 Å². The predicted octanol–water partition coefficient (Wildman–Crippen LogP) is 1.27. The van der Waals surface area contributed by atoms with Crippen LogP contribution < -0.4 is 5.73 Å². The Morgan fingerprint density at radius 2 is 2.54 bits per heavy atom. The molecule has 0 spiro atoms. The minimum absolute atomic E-state index is 0.543. The Morgan fingerprint density at radius 3 is 3.08 bits per heavy atom. The summed E-state index contributed by atoms with van der Waals surface area (Å²) in [5, 5.41) is 0. The number of nitrogens with zero attached hydrogens (tertiary/aromatic N) is 2. The van der Waals surface area contributed by atoms with Crippen LogP contribution in [0, 0.1) is 5.92 Å². The van der Waals surface area contributed by atoms with Crippen LogP contribution in [-0.2, 0) is 6.54 Å². The first-order valence-electron chi connectivity index (χ1n) is 4.61. The van der Waals surface area contributed by atoms with Gasteiger partial charge in [-0.25, -0.2) is 4.98 Å². The third-order valence-electron chi connectivity index (χ3n) is 2.57. The van der Waals surface area contributed by atoms with Crippen LogP contribution in [0.2, 0.25) is 0 Å². The van der Waals surface area contributed by atoms with Crippen molar-refractivity contribution < 1.29 is 0 Å². The molecule has 1 aliphatic heterocycles. The van der Waals surface area contributed by atoms with E-state index in [0.29, 0.717) is 12.6 Å². The zero-order valence-electron chi connectivity index (χ0n) is 7.81. The van der Waals surface area contributed by atoms with Crippen molar-refractivity contribution in [1.82, 2.24) is 9.55 Å². The second-order valence-corrected chi connectivity index (χ2v) is 4.67. The van der Waals surface area contributed by atoms with E-state index >= 15 is 0 Å². The van der Waals surface area contributed by atoms with Gasteiger partial charge >= 0.3 is 0 Å². The Balaban J connectivity index is 2.15. The summed E-state index contributed by atoms with van der Waals surface area (Å²) >= 11 is 2.02. The number of rotatable bonds is 2. The molecule has 0 amide bonds. The van der Waals surface area contributed by atoms with Gasteiger partial charge in [0.2, 0.25) is 0 Å². The van der Waals surface area contributed by atoms with E-state index in [4.69, 9.17) is 5.73 Å². The van der Waals surface area contributed by atoms with Gasteiger partial charge in [-0.2, -0.15) is 11.8 Å². The van der Waals surface area contributed by atoms with Crippen LogP contribution in [-0.4, -0.2) is 21.1 Å². The quantitative estimate of drug-likeness (QED) is 0.776. The van der Waals surface area contributed by atoms with Gasteiger partial charge in [0.1, 0.15) is 0 Å². The average Bonchev–Trinajstić information content (AvgIpc) is 2.71. The number of aromatic nitrogens is 2. The first-order chi connectivity index (χ1) is 6.31. The van der Waals surface area contributed by atoms with Crippen molar-refractivity contribution in [2.24, 2.45) is 11.7 Å². The summed E-state index contributed by atoms with van der Waals surface area (Å²) in [5.41, 5.74) is 6.51. The van der Waals surface area contributed by atoms with Crippen LogP contribution in [0.3, 0.4) is 0 Å². The number of thioether (sulfide) groups is 1. The zero-order chi connectivity index (χ0) is 9.26. The molecule has 2 atom stereocenters. The Bertz CT molecular complexity index is 284. The summed E-state index contributed by atoms with van der Waals surface area (Å²) in [6, 6.07) is 0.623. The van der Waals surface area contributed by atoms with Gasteiger partial charge < -0.3 is 10.3 Å². The third kappa shape index (κ3) is 1.74. The van der Waals surface area contributed by atoms with Crippen LogP contribution in [0.15, 0.2) is 12.5 Å². The summed E-state index contributed by atoms with van der Waals surface area (Å²) in [4.78, 5) is 4.24. The topological polar surface area (TPSA) is 43.8 Å². The first kappa shape index (κ1) is 9.09. The van der Waals surface area contributed by atoms with E-state index in [1.165, 1.54) is 11.5 Å². The van der Waals surface area contributed by atoms with Crippen molar-refractivity contribution in [2.75, 3.05) is 11.5 Å². The van der Waals surface area contributed by atoms with Gasteiger partial charge in [-0.05, 0) is 11.7 Å². The Kier molecular flexibility index (Phi) is 2.60. The van der Waals surface area contributed by atoms with Crippen molar-refractivity contribution in [3.63, 3.8) is 0 Å². The molecule has 1 aromatic rings. The molecule has 1 aliphatic rings. The van der Waals surface area contributed by atoms with E-state index in [-0.39, 0.29) is 0 Å². The highest BCUT2D eigenvalue weighted by Crippen LogP contribution is 2.33. The molecule has 0 aromatic carbocycles. The van der Waals surface area contributed by atoms with E-state index < -0.39 is 0 Å². The van der Waals surface area contributed by atoms with Crippen LogP contribution in [0.1, 0.15) is 18.7 Å². The summed E-state index contributed by atoms with van der Waals surface area (Å²) in [7, 11) is 0. The zero-order valence-corrected chi connectivity index (χ0v) is 8.63. The van der Waals surface area contributed by atoms with E-state index in [0.717, 1.165) is 11.6 Å². The molecule has 72 valence electrons. The maximum Gasteiger partial charge on any atom is 0.0952 e. The van der Waals surface area contributed by atoms with Gasteiger partial charge in [0.25, 0.3) is 0 Å². The molecule has 2 N–H and O–H groups in total. The molecule has 13 heavy (non-hydrogen) atoms. The molecule has 2 heterocycles. The number of imidazole rings is 1. The second-order valence-electron chi connectivity index (χ2n) is 3.60. The monoisotopic (exact) mass is 197 g/mol. The molecule has 0 saturated carbocycles. The fourth-order valence-electron chi connectivity index (χ4n) is 1.70. The van der Waals surface area contributed by atoms with Crippen LogP contribution in [0.5, 0.6) is 0 Å². The van der Waals surface area contributed by atoms with Gasteiger partial charge in [-0.1, -0.05) is 6.92 Å². The molecular formula is C9H15N3S. The lowest BCUT2D eigenvalue weighted by molar-refractivity contribution is 0.437. The van der Waals surface area contributed by atoms with Crippen LogP contribution >= 0.6 is 11.8 Å². The Labute approximate surface area is 82.7 Å². The largest absolute Gasteiger partial charge is 0.333 e. The average molecular weight is 197 g/mol. The number of hydrogen-bond donors (Lipinski definition) is 1. The van der Waals surface area contributed by atoms with E-state index in [9.17, 15) is 0 Å². The van der Waals surface area contributed by atoms with Crippen molar-refractivity contribution >= 4 is 11.8 Å². The van der Waals surface area contributed by atoms with Crippen LogP contribution in [0.4, 0.5) is 0 Å². The maximum atomic E-state index is 5.52. The van der Waals surface area contributed by atoms with Crippen LogP contribution in [0.25, 0.3) is 0 Å². The smallest absolute Gasteiger partial charge is 0.0952 e. The highest BCUT2D eigenvalue weighted by atomic mass is 32.2. The van der Waals surface area contributed by atoms with Crippen molar-refractivity contribution in [2.45, 2.75) is 19.5 Å². The molecule has 4 heteroatoms. The number of nitrogens with two attached hydrogens (primary N) is 1. The van der Waals surface area contributed by atoms with Gasteiger partial charge in [0.15, 0.2) is 0 Å². The summed E-state index contributed by atoms with van der Waals surface area (Å²) in [6.45, 7) is 2.84. The molecule has 1 saturated heterocycles. The SMILES string of the molecule is CC1CSCC1n1cnc(CN)c1. The lowest BCUT2D eigenvalue weighted by Gasteiger charge is -2.15. The molecule has 2 rings (SSSR count). The van der Waals surface area contributed by atoms with Crippen molar-refractivity contribution in [3.8, 4) is 0 Å². The molecule has 0 radical (unpaired) electrons. The fraction of sp³-hybridized carbons (Fsp3) is 0.667. The van der Waals surface area contributed by atoms with Crippen molar-refractivity contribution in [1.29, 1.82) is 0 Å². The Morgan fingerprint density at radius 1 is 1.69 bits per heavy atom. The summed E-state index contributed by atoms with van der Waals surface area (Å²) in [6.07, 6.45) is 3.99. The highest BCUT2D eigenvalue weighted by Gasteiger charge is 2.25. The maximum absolute atomic E-state index is 5.52. The highest BCUT2D eigenvalue weighted by molar-refractivity contribution is 7.99. The first-order valence-corrected chi connectivity index (χ1v) is 5.77. The molecular weight excluding hydrogens is 182 g/mol. The van der Waals surface area contributed by atoms with Gasteiger partial charge in [-0.15, -0.1) is 0 Å². The number of hydrogen-bond acceptors (Lipinski definition) is 3. The lowest BCUT2D eigenvalue weighted by Crippen LogP contribution is -2.13. The minimum atomic E-state index is 0.543. The molecule has 1 aromatic heterocycles. The van der Waals surface area contributed by atoms with Gasteiger partial charge in [0.05, 0.1) is 12.0 Å². The predicted molar refractivity (Wildman–Crippen MR) is 55.6 cm³/mol. The Hall–Kier alpha value is -0.480. The summed E-state index contributed by atoms with van der Waals surface area (Å²) < 4.78 is 2.22. The lowest BCUT2D eigenvalue weighted by atomic mass is 10.1. The molecule has 0 aliphatic carbocycles. The molecule has 0 bridgehead atoms. The van der Waals surface area contributed by atoms with Gasteiger partial charge in [-0.3, -0.25) is 0 Å². The minimum Gasteiger partial charge on any atom is -0.333 e. The molecule has 3 nitrogen and oxygen atoms in total. The van der Waals surface area contributed by atoms with E-state index in [2.05, 4.69) is 22.7 Å². The van der Waals surface area contributed by atoms with E-state index in [1.54, 1.807) is 0 Å². The molecule has 1 fully saturated rings. The normalized spacial score (nSPS) is 28.2. The standard InChI is InChI=1S/C9H15N3S/c1-7-4-13-5-9(7)12-3-8(2-10)11-6-12/h3,6-7,9H,2,4-5,10H2,1H3.